The number of amides is 1. The third-order valence-electron chi connectivity index (χ3n) is 3.35. The van der Waals surface area contributed by atoms with Crippen molar-refractivity contribution >= 4 is 21.8 Å². The van der Waals surface area contributed by atoms with Crippen molar-refractivity contribution in [2.45, 2.75) is 11.4 Å². The van der Waals surface area contributed by atoms with Crippen molar-refractivity contribution in [2.75, 3.05) is 0 Å². The van der Waals surface area contributed by atoms with Gasteiger partial charge in [-0.25, -0.2) is 0 Å². The van der Waals surface area contributed by atoms with Gasteiger partial charge in [0.05, 0.1) is 0 Å². The predicted molar refractivity (Wildman–Crippen MR) is 90.2 cm³/mol. The van der Waals surface area contributed by atoms with E-state index >= 15 is 0 Å². The lowest BCUT2D eigenvalue weighted by molar-refractivity contribution is 0.0725. The molecular weight excluding hydrogens is 396 g/mol. The fourth-order valence-corrected chi connectivity index (χ4v) is 2.30. The van der Waals surface area contributed by atoms with E-state index in [0.717, 1.165) is 5.56 Å². The summed E-state index contributed by atoms with van der Waals surface area (Å²) in [4.78, 5) is 12.5. The average Bonchev–Trinajstić information content (AvgIpc) is 3.11. The largest absolute Gasteiger partial charge is 0.378 e. The lowest BCUT2D eigenvalue weighted by Crippen LogP contribution is -2.22. The van der Waals surface area contributed by atoms with Crippen molar-refractivity contribution in [1.29, 1.82) is 0 Å². The maximum absolute atomic E-state index is 13.1. The van der Waals surface area contributed by atoms with Crippen LogP contribution in [0, 0.1) is 0 Å². The minimum absolute atomic E-state index is 0.0214. The van der Waals surface area contributed by atoms with E-state index in [1.54, 1.807) is 18.2 Å². The highest BCUT2D eigenvalue weighted by Gasteiger charge is 2.34. The van der Waals surface area contributed by atoms with Gasteiger partial charge in [0.25, 0.3) is 5.91 Å². The van der Waals surface area contributed by atoms with E-state index in [2.05, 4.69) is 35.9 Å². The summed E-state index contributed by atoms with van der Waals surface area (Å²) in [6, 6.07) is 15.8. The highest BCUT2D eigenvalue weighted by molar-refractivity contribution is 9.09. The summed E-state index contributed by atoms with van der Waals surface area (Å²) in [5.74, 6) is -1.16. The van der Waals surface area contributed by atoms with E-state index in [4.69, 9.17) is 0 Å². The summed E-state index contributed by atoms with van der Waals surface area (Å²) in [7, 11) is 0. The van der Waals surface area contributed by atoms with E-state index in [1.807, 2.05) is 30.3 Å². The molecule has 0 unspecified atom stereocenters. The first-order chi connectivity index (χ1) is 11.9. The van der Waals surface area contributed by atoms with E-state index in [-0.39, 0.29) is 11.7 Å². The molecule has 128 valence electrons. The molecule has 25 heavy (non-hydrogen) atoms. The van der Waals surface area contributed by atoms with Gasteiger partial charge in [-0.05, 0) is 17.7 Å². The number of aromatic nitrogens is 2. The number of alkyl halides is 3. The first-order valence-corrected chi connectivity index (χ1v) is 8.06. The van der Waals surface area contributed by atoms with E-state index in [1.165, 1.54) is 6.07 Å². The third-order valence-corrected chi connectivity index (χ3v) is 3.69. The number of halogens is 3. The molecule has 8 heteroatoms. The summed E-state index contributed by atoms with van der Waals surface area (Å²) in [6.45, 7) is 0.381. The molecule has 2 aromatic carbocycles. The maximum Gasteiger partial charge on any atom is 0.378 e. The minimum Gasteiger partial charge on any atom is -0.348 e. The van der Waals surface area contributed by atoms with Crippen LogP contribution in [0.1, 0.15) is 21.8 Å². The molecule has 3 aromatic rings. The van der Waals surface area contributed by atoms with E-state index < -0.39 is 10.7 Å². The van der Waals surface area contributed by atoms with Gasteiger partial charge in [-0.2, -0.15) is 13.8 Å². The van der Waals surface area contributed by atoms with Crippen molar-refractivity contribution in [1.82, 2.24) is 15.5 Å². The van der Waals surface area contributed by atoms with Gasteiger partial charge < -0.3 is 9.84 Å². The molecular formula is C17H12BrF2N3O2. The van der Waals surface area contributed by atoms with Crippen molar-refractivity contribution in [3.8, 4) is 11.4 Å². The zero-order chi connectivity index (χ0) is 17.9. The molecule has 0 atom stereocenters. The number of hydrogen-bond acceptors (Lipinski definition) is 4. The second kappa shape index (κ2) is 7.10. The lowest BCUT2D eigenvalue weighted by Gasteiger charge is -2.06. The van der Waals surface area contributed by atoms with Gasteiger partial charge >= 0.3 is 10.7 Å². The van der Waals surface area contributed by atoms with Gasteiger partial charge in [0, 0.05) is 33.6 Å². The molecule has 0 aliphatic carbocycles. The number of nitrogens with zero attached hydrogens (tertiary/aromatic N) is 2. The van der Waals surface area contributed by atoms with Gasteiger partial charge in [0.2, 0.25) is 5.82 Å². The summed E-state index contributed by atoms with van der Waals surface area (Å²) >= 11 is 2.16. The predicted octanol–water partition coefficient (Wildman–Crippen LogP) is 4.11. The molecule has 0 aliphatic heterocycles. The van der Waals surface area contributed by atoms with Crippen molar-refractivity contribution < 1.29 is 18.1 Å². The third kappa shape index (κ3) is 4.27. The molecule has 0 aliphatic rings. The zero-order valence-electron chi connectivity index (χ0n) is 12.7. The zero-order valence-corrected chi connectivity index (χ0v) is 14.3. The molecule has 1 heterocycles. The van der Waals surface area contributed by atoms with Gasteiger partial charge in [0.1, 0.15) is 0 Å². The molecule has 0 saturated carbocycles. The lowest BCUT2D eigenvalue weighted by atomic mass is 10.1. The van der Waals surface area contributed by atoms with Crippen molar-refractivity contribution in [3.05, 3.63) is 71.6 Å². The molecule has 0 spiro atoms. The smallest absolute Gasteiger partial charge is 0.348 e. The Hall–Kier alpha value is -2.61. The number of nitrogens with one attached hydrogen (secondary N) is 1. The van der Waals surface area contributed by atoms with Crippen LogP contribution < -0.4 is 5.32 Å². The summed E-state index contributed by atoms with van der Waals surface area (Å²) < 4.78 is 30.7. The quantitative estimate of drug-likeness (QED) is 0.646. The number of carbonyl (C=O) groups is 1. The van der Waals surface area contributed by atoms with E-state index in [9.17, 15) is 13.6 Å². The summed E-state index contributed by atoms with van der Waals surface area (Å²) in [5.41, 5.74) is 1.74. The first-order valence-electron chi connectivity index (χ1n) is 7.27. The molecule has 3 rings (SSSR count). The monoisotopic (exact) mass is 407 g/mol. The Morgan fingerprint density at radius 1 is 1.16 bits per heavy atom. The Labute approximate surface area is 150 Å². The Morgan fingerprint density at radius 3 is 2.60 bits per heavy atom. The van der Waals surface area contributed by atoms with Crippen molar-refractivity contribution in [3.63, 3.8) is 0 Å². The van der Waals surface area contributed by atoms with Crippen molar-refractivity contribution in [2.24, 2.45) is 0 Å². The Morgan fingerprint density at radius 2 is 1.92 bits per heavy atom. The van der Waals surface area contributed by atoms with Crippen LogP contribution in [0.15, 0.2) is 59.1 Å². The number of benzene rings is 2. The van der Waals surface area contributed by atoms with Crippen LogP contribution in [0.3, 0.4) is 0 Å². The molecule has 0 saturated heterocycles. The summed E-state index contributed by atoms with van der Waals surface area (Å²) in [5, 5.41) is 6.31. The Balaban J connectivity index is 1.75. The van der Waals surface area contributed by atoms with Gasteiger partial charge in [-0.15, -0.1) is 0 Å². The van der Waals surface area contributed by atoms with Gasteiger partial charge in [0.15, 0.2) is 0 Å². The van der Waals surface area contributed by atoms with Crippen LogP contribution in [-0.2, 0) is 11.4 Å². The fourth-order valence-electron chi connectivity index (χ4n) is 2.14. The standard InChI is InChI=1S/C17H12BrF2N3O2/c18-17(19,20)16-22-14(23-25-16)12-7-4-8-13(9-12)15(24)21-10-11-5-2-1-3-6-11/h1-9H,10H2,(H,21,24). The highest BCUT2D eigenvalue weighted by Crippen LogP contribution is 2.34. The van der Waals surface area contributed by atoms with Crippen LogP contribution in [-0.4, -0.2) is 16.0 Å². The van der Waals surface area contributed by atoms with Crippen LogP contribution in [0.25, 0.3) is 11.4 Å². The second-order valence-corrected chi connectivity index (χ2v) is 6.17. The summed E-state index contributed by atoms with van der Waals surface area (Å²) in [6.07, 6.45) is 0. The SMILES string of the molecule is O=C(NCc1ccccc1)c1cccc(-c2noc(C(F)(F)Br)n2)c1. The molecule has 0 radical (unpaired) electrons. The van der Waals surface area contributed by atoms with Crippen LogP contribution in [0.5, 0.6) is 0 Å². The molecule has 1 amide bonds. The average molecular weight is 408 g/mol. The Bertz CT molecular complexity index is 879. The number of rotatable bonds is 5. The minimum atomic E-state index is -3.40. The van der Waals surface area contributed by atoms with E-state index in [0.29, 0.717) is 17.7 Å². The van der Waals surface area contributed by atoms with Gasteiger partial charge in [-0.1, -0.05) is 47.6 Å². The fraction of sp³-hybridized carbons (Fsp3) is 0.118. The normalized spacial score (nSPS) is 11.3. The molecule has 1 aromatic heterocycles. The molecule has 1 N–H and O–H groups in total. The second-order valence-electron chi connectivity index (χ2n) is 5.17. The Kier molecular flexibility index (Phi) is 4.89. The topological polar surface area (TPSA) is 68.0 Å². The number of carbonyl (C=O) groups excluding carboxylic acids is 1. The van der Waals surface area contributed by atoms with Crippen LogP contribution >= 0.6 is 15.9 Å². The number of hydrogen-bond donors (Lipinski definition) is 1. The van der Waals surface area contributed by atoms with Crippen LogP contribution in [0.2, 0.25) is 0 Å². The van der Waals surface area contributed by atoms with Gasteiger partial charge in [-0.3, -0.25) is 4.79 Å². The molecule has 0 fully saturated rings. The highest BCUT2D eigenvalue weighted by atomic mass is 79.9. The molecule has 5 nitrogen and oxygen atoms in total. The molecule has 0 bridgehead atoms. The first kappa shape index (κ1) is 17.2. The van der Waals surface area contributed by atoms with Crippen LogP contribution in [0.4, 0.5) is 8.78 Å². The maximum atomic E-state index is 13.1.